The van der Waals surface area contributed by atoms with Crippen LogP contribution < -0.4 is 5.73 Å². The number of rotatable bonds is 6. The van der Waals surface area contributed by atoms with Crippen LogP contribution in [0.3, 0.4) is 0 Å². The zero-order valence-corrected chi connectivity index (χ0v) is 11.6. The van der Waals surface area contributed by atoms with E-state index in [4.69, 9.17) is 5.73 Å². The highest BCUT2D eigenvalue weighted by atomic mass is 32.1. The first-order chi connectivity index (χ1) is 8.78. The minimum Gasteiger partial charge on any atom is -0.399 e. The van der Waals surface area contributed by atoms with Gasteiger partial charge in [0.1, 0.15) is 0 Å². The molecule has 2 N–H and O–H groups in total. The van der Waals surface area contributed by atoms with Crippen LogP contribution in [0.1, 0.15) is 17.4 Å². The van der Waals surface area contributed by atoms with Crippen LogP contribution in [0, 0.1) is 0 Å². The molecule has 0 unspecified atom stereocenters. The average Bonchev–Trinajstić information content (AvgIpc) is 2.90. The molecule has 0 bridgehead atoms. The molecular weight excluding hydrogens is 240 g/mol. The maximum Gasteiger partial charge on any atom is 0.0314 e. The Labute approximate surface area is 113 Å². The van der Waals surface area contributed by atoms with E-state index >= 15 is 0 Å². The maximum atomic E-state index is 5.70. The molecule has 0 spiro atoms. The molecule has 0 radical (unpaired) electrons. The lowest BCUT2D eigenvalue weighted by atomic mass is 10.2. The number of hydrogen-bond acceptors (Lipinski definition) is 3. The molecule has 0 aliphatic heterocycles. The van der Waals surface area contributed by atoms with Crippen molar-refractivity contribution in [2.45, 2.75) is 19.9 Å². The number of nitrogens with zero attached hydrogens (tertiary/aromatic N) is 1. The summed E-state index contributed by atoms with van der Waals surface area (Å²) >= 11 is 1.84. The highest BCUT2D eigenvalue weighted by Crippen LogP contribution is 2.12. The monoisotopic (exact) mass is 260 g/mol. The van der Waals surface area contributed by atoms with Gasteiger partial charge in [0.2, 0.25) is 0 Å². The summed E-state index contributed by atoms with van der Waals surface area (Å²) in [5, 5.41) is 2.14. The molecule has 1 aromatic carbocycles. The van der Waals surface area contributed by atoms with Crippen molar-refractivity contribution in [3.63, 3.8) is 0 Å². The minimum absolute atomic E-state index is 0.834. The van der Waals surface area contributed by atoms with Crippen LogP contribution in [-0.2, 0) is 13.0 Å². The second kappa shape index (κ2) is 6.57. The van der Waals surface area contributed by atoms with Crippen molar-refractivity contribution < 1.29 is 0 Å². The number of thiophene rings is 1. The molecule has 2 aromatic rings. The van der Waals surface area contributed by atoms with Crippen molar-refractivity contribution in [1.29, 1.82) is 0 Å². The van der Waals surface area contributed by atoms with E-state index in [1.165, 1.54) is 10.4 Å². The van der Waals surface area contributed by atoms with Crippen LogP contribution in [0.25, 0.3) is 0 Å². The molecule has 96 valence electrons. The summed E-state index contributed by atoms with van der Waals surface area (Å²) in [6, 6.07) is 12.5. The summed E-state index contributed by atoms with van der Waals surface area (Å²) in [4.78, 5) is 3.93. The highest BCUT2D eigenvalue weighted by Gasteiger charge is 2.04. The van der Waals surface area contributed by atoms with Crippen molar-refractivity contribution in [2.75, 3.05) is 18.8 Å². The molecule has 0 saturated carbocycles. The van der Waals surface area contributed by atoms with E-state index in [1.807, 2.05) is 23.5 Å². The summed E-state index contributed by atoms with van der Waals surface area (Å²) < 4.78 is 0. The smallest absolute Gasteiger partial charge is 0.0314 e. The van der Waals surface area contributed by atoms with E-state index in [1.54, 1.807) is 0 Å². The number of anilines is 1. The van der Waals surface area contributed by atoms with Gasteiger partial charge in [0, 0.05) is 23.7 Å². The van der Waals surface area contributed by atoms with Gasteiger partial charge in [-0.2, -0.15) is 0 Å². The van der Waals surface area contributed by atoms with Crippen LogP contribution in [-0.4, -0.2) is 18.0 Å². The first kappa shape index (κ1) is 13.1. The predicted molar refractivity (Wildman–Crippen MR) is 79.8 cm³/mol. The number of nitrogens with two attached hydrogens (primary N) is 1. The second-order valence-electron chi connectivity index (χ2n) is 4.44. The topological polar surface area (TPSA) is 29.3 Å². The minimum atomic E-state index is 0.834. The molecule has 0 amide bonds. The van der Waals surface area contributed by atoms with E-state index in [0.717, 1.165) is 31.7 Å². The fourth-order valence-electron chi connectivity index (χ4n) is 1.95. The van der Waals surface area contributed by atoms with Crippen LogP contribution in [0.15, 0.2) is 41.8 Å². The van der Waals surface area contributed by atoms with Gasteiger partial charge in [-0.3, -0.25) is 4.90 Å². The van der Waals surface area contributed by atoms with E-state index < -0.39 is 0 Å². The molecule has 0 aliphatic carbocycles. The van der Waals surface area contributed by atoms with Gasteiger partial charge >= 0.3 is 0 Å². The van der Waals surface area contributed by atoms with Crippen LogP contribution >= 0.6 is 11.3 Å². The first-order valence-electron chi connectivity index (χ1n) is 6.37. The van der Waals surface area contributed by atoms with Crippen LogP contribution in [0.4, 0.5) is 5.69 Å². The van der Waals surface area contributed by atoms with Gasteiger partial charge in [-0.05, 0) is 42.1 Å². The fourth-order valence-corrected chi connectivity index (χ4v) is 2.65. The van der Waals surface area contributed by atoms with Crippen molar-refractivity contribution in [3.05, 3.63) is 52.2 Å². The van der Waals surface area contributed by atoms with E-state index in [0.29, 0.717) is 0 Å². The lowest BCUT2D eigenvalue weighted by Crippen LogP contribution is -2.25. The quantitative estimate of drug-likeness (QED) is 0.807. The Bertz CT molecular complexity index is 448. The van der Waals surface area contributed by atoms with Gasteiger partial charge in [-0.15, -0.1) is 11.3 Å². The maximum absolute atomic E-state index is 5.70. The van der Waals surface area contributed by atoms with Crippen LogP contribution in [0.5, 0.6) is 0 Å². The van der Waals surface area contributed by atoms with Gasteiger partial charge in [0.05, 0.1) is 0 Å². The fraction of sp³-hybridized carbons (Fsp3) is 0.333. The molecule has 0 fully saturated rings. The third-order valence-electron chi connectivity index (χ3n) is 3.09. The summed E-state index contributed by atoms with van der Waals surface area (Å²) in [7, 11) is 0. The predicted octanol–water partition coefficient (Wildman–Crippen LogP) is 3.39. The first-order valence-corrected chi connectivity index (χ1v) is 7.25. The zero-order chi connectivity index (χ0) is 12.8. The second-order valence-corrected chi connectivity index (χ2v) is 5.47. The molecule has 0 atom stereocenters. The molecule has 1 aromatic heterocycles. The number of nitrogen functional groups attached to an aromatic ring is 1. The molecule has 2 nitrogen and oxygen atoms in total. The number of likely N-dealkylation sites (N-methyl/N-ethyl adjacent to an activating group) is 1. The summed E-state index contributed by atoms with van der Waals surface area (Å²) in [6.07, 6.45) is 1.14. The van der Waals surface area contributed by atoms with Gasteiger partial charge in [0.25, 0.3) is 0 Å². The standard InChI is InChI=1S/C15H20N2S/c1-2-17(10-9-15-4-3-11-18-15)12-13-5-7-14(16)8-6-13/h3-8,11H,2,9-10,12,16H2,1H3. The third kappa shape index (κ3) is 3.86. The third-order valence-corrected chi connectivity index (χ3v) is 4.02. The Morgan fingerprint density at radius 3 is 2.56 bits per heavy atom. The van der Waals surface area contributed by atoms with Gasteiger partial charge in [-0.25, -0.2) is 0 Å². The average molecular weight is 260 g/mol. The Kier molecular flexibility index (Phi) is 4.79. The van der Waals surface area contributed by atoms with Crippen molar-refractivity contribution in [2.24, 2.45) is 0 Å². The lowest BCUT2D eigenvalue weighted by Gasteiger charge is -2.20. The number of hydrogen-bond donors (Lipinski definition) is 1. The Morgan fingerprint density at radius 2 is 1.94 bits per heavy atom. The Balaban J connectivity index is 1.87. The van der Waals surface area contributed by atoms with Gasteiger partial charge in [0.15, 0.2) is 0 Å². The highest BCUT2D eigenvalue weighted by molar-refractivity contribution is 7.09. The molecule has 1 heterocycles. The summed E-state index contributed by atoms with van der Waals surface area (Å²) in [5.74, 6) is 0. The molecule has 0 aliphatic rings. The normalized spacial score (nSPS) is 11.0. The van der Waals surface area contributed by atoms with Crippen molar-refractivity contribution in [3.8, 4) is 0 Å². The van der Waals surface area contributed by atoms with Gasteiger partial charge < -0.3 is 5.73 Å². The summed E-state index contributed by atoms with van der Waals surface area (Å²) in [5.41, 5.74) is 7.87. The van der Waals surface area contributed by atoms with Crippen LogP contribution in [0.2, 0.25) is 0 Å². The van der Waals surface area contributed by atoms with Crippen molar-refractivity contribution in [1.82, 2.24) is 4.90 Å². The zero-order valence-electron chi connectivity index (χ0n) is 10.8. The molecule has 2 rings (SSSR count). The molecule has 3 heteroatoms. The van der Waals surface area contributed by atoms with Gasteiger partial charge in [-0.1, -0.05) is 25.1 Å². The van der Waals surface area contributed by atoms with E-state index in [9.17, 15) is 0 Å². The number of benzene rings is 1. The summed E-state index contributed by atoms with van der Waals surface area (Å²) in [6.45, 7) is 5.41. The molecule has 18 heavy (non-hydrogen) atoms. The Morgan fingerprint density at radius 1 is 1.17 bits per heavy atom. The van der Waals surface area contributed by atoms with E-state index in [-0.39, 0.29) is 0 Å². The SMILES string of the molecule is CCN(CCc1cccs1)Cc1ccc(N)cc1. The molecular formula is C15H20N2S. The Hall–Kier alpha value is -1.32. The lowest BCUT2D eigenvalue weighted by molar-refractivity contribution is 0.284. The van der Waals surface area contributed by atoms with Crippen molar-refractivity contribution >= 4 is 17.0 Å². The largest absolute Gasteiger partial charge is 0.399 e. The molecule has 0 saturated heterocycles. The van der Waals surface area contributed by atoms with E-state index in [2.05, 4.69) is 41.5 Å².